The Morgan fingerprint density at radius 1 is 0.694 bits per heavy atom. The van der Waals surface area contributed by atoms with E-state index in [-0.39, 0.29) is 26.3 Å². The number of carbonyl (C=O) groups is 2. The number of morpholine rings is 1. The molecule has 5 nitrogen and oxygen atoms in total. The van der Waals surface area contributed by atoms with Crippen LogP contribution in [-0.2, 0) is 18.5 Å². The molecule has 3 aromatic rings. The zero-order valence-corrected chi connectivity index (χ0v) is 19.8. The molecule has 0 saturated carbocycles. The van der Waals surface area contributed by atoms with Crippen LogP contribution in [0.4, 0.5) is 17.6 Å². The van der Waals surface area contributed by atoms with Gasteiger partial charge in [0.25, 0.3) is 0 Å². The molecule has 1 saturated heterocycles. The van der Waals surface area contributed by atoms with Crippen molar-refractivity contribution in [3.05, 3.63) is 91.0 Å². The summed E-state index contributed by atoms with van der Waals surface area (Å²) in [5.41, 5.74) is 0. The summed E-state index contributed by atoms with van der Waals surface area (Å²) in [6.07, 6.45) is 0. The summed E-state index contributed by atoms with van der Waals surface area (Å²) >= 11 is 0. The van der Waals surface area contributed by atoms with Gasteiger partial charge in [-0.05, 0) is 46.7 Å². The van der Waals surface area contributed by atoms with Crippen LogP contribution in [0.25, 0.3) is 0 Å². The fourth-order valence-corrected chi connectivity index (χ4v) is 6.84. The van der Waals surface area contributed by atoms with Crippen LogP contribution in [0.5, 0.6) is 0 Å². The van der Waals surface area contributed by atoms with Crippen molar-refractivity contribution < 1.29 is 36.1 Å². The highest BCUT2D eigenvalue weighted by Gasteiger charge is 2.70. The van der Waals surface area contributed by atoms with Crippen molar-refractivity contribution in [3.63, 3.8) is 0 Å². The molecule has 0 radical (unpaired) electrons. The van der Waals surface area contributed by atoms with E-state index in [1.54, 1.807) is 91.0 Å². The van der Waals surface area contributed by atoms with Crippen molar-refractivity contribution in [2.75, 3.05) is 26.3 Å². The minimum Gasteiger partial charge on any atom is -0.397 e. The Balaban J connectivity index is 1.81. The smallest absolute Gasteiger partial charge is 0.397 e. The zero-order valence-electron chi connectivity index (χ0n) is 19.0. The first kappa shape index (κ1) is 25.7. The van der Waals surface area contributed by atoms with Gasteiger partial charge in [0.15, 0.2) is 0 Å². The van der Waals surface area contributed by atoms with E-state index in [1.165, 1.54) is 0 Å². The third-order valence-electron chi connectivity index (χ3n) is 5.64. The van der Waals surface area contributed by atoms with Gasteiger partial charge in [-0.3, -0.25) is 4.79 Å². The molecule has 1 aliphatic heterocycles. The first-order valence-corrected chi connectivity index (χ1v) is 12.6. The molecule has 0 spiro atoms. The number of benzene rings is 3. The molecule has 190 valence electrons. The Bertz CT molecular complexity index is 1090. The quantitative estimate of drug-likeness (QED) is 0.383. The van der Waals surface area contributed by atoms with E-state index in [1.807, 2.05) is 0 Å². The molecule has 0 aliphatic carbocycles. The molecular formula is C26H23F4NO4S. The summed E-state index contributed by atoms with van der Waals surface area (Å²) in [5, 5.41) is 0. The number of hydrogen-bond donors (Lipinski definition) is 0. The molecule has 1 aliphatic rings. The van der Waals surface area contributed by atoms with Crippen molar-refractivity contribution in [2.45, 2.75) is 26.5 Å². The molecular weight excluding hydrogens is 498 g/mol. The van der Waals surface area contributed by atoms with E-state index in [2.05, 4.69) is 0 Å². The fraction of sp³-hybridized carbons (Fsp3) is 0.231. The van der Waals surface area contributed by atoms with Gasteiger partial charge in [-0.1, -0.05) is 54.6 Å². The summed E-state index contributed by atoms with van der Waals surface area (Å²) in [6, 6.07) is 24.3. The Morgan fingerprint density at radius 3 is 1.47 bits per heavy atom. The highest BCUT2D eigenvalue weighted by Crippen LogP contribution is 2.69. The number of alkyl halides is 4. The predicted octanol–water partition coefficient (Wildman–Crippen LogP) is 5.56. The molecule has 0 bridgehead atoms. The van der Waals surface area contributed by atoms with Crippen LogP contribution >= 0.6 is 10.3 Å². The highest BCUT2D eigenvalue weighted by atomic mass is 32.3. The van der Waals surface area contributed by atoms with Crippen LogP contribution in [0, 0.1) is 0 Å². The molecule has 1 amide bonds. The Hall–Kier alpha value is -3.37. The molecule has 4 rings (SSSR count). The van der Waals surface area contributed by atoms with Gasteiger partial charge in [-0.2, -0.15) is 17.6 Å². The maximum Gasteiger partial charge on any atom is 0.414 e. The van der Waals surface area contributed by atoms with Gasteiger partial charge < -0.3 is 13.8 Å². The normalized spacial score (nSPS) is 15.3. The summed E-state index contributed by atoms with van der Waals surface area (Å²) in [4.78, 5) is 27.0. The second kappa shape index (κ2) is 10.3. The van der Waals surface area contributed by atoms with Gasteiger partial charge in [0.2, 0.25) is 0 Å². The summed E-state index contributed by atoms with van der Waals surface area (Å²) < 4.78 is 70.8. The fourth-order valence-electron chi connectivity index (χ4n) is 3.78. The van der Waals surface area contributed by atoms with Crippen molar-refractivity contribution in [2.24, 2.45) is 0 Å². The van der Waals surface area contributed by atoms with Crippen LogP contribution in [0.3, 0.4) is 0 Å². The Kier molecular flexibility index (Phi) is 7.37. The lowest BCUT2D eigenvalue weighted by molar-refractivity contribution is -0.226. The molecule has 3 aromatic carbocycles. The Labute approximate surface area is 207 Å². The topological polar surface area (TPSA) is 55.8 Å². The van der Waals surface area contributed by atoms with Crippen LogP contribution < -0.4 is 0 Å². The molecule has 1 fully saturated rings. The summed E-state index contributed by atoms with van der Waals surface area (Å²) in [7, 11) is -3.23. The minimum atomic E-state index is -5.43. The Morgan fingerprint density at radius 2 is 1.08 bits per heavy atom. The van der Waals surface area contributed by atoms with E-state index in [0.717, 1.165) is 0 Å². The third kappa shape index (κ3) is 4.58. The first-order chi connectivity index (χ1) is 17.2. The van der Waals surface area contributed by atoms with Gasteiger partial charge in [0.05, 0.1) is 13.2 Å². The van der Waals surface area contributed by atoms with Crippen molar-refractivity contribution in [1.82, 2.24) is 4.90 Å². The summed E-state index contributed by atoms with van der Waals surface area (Å²) in [5.74, 6) is -15.4. The molecule has 10 heteroatoms. The average molecular weight is 522 g/mol. The number of amides is 1. The van der Waals surface area contributed by atoms with Gasteiger partial charge >= 0.3 is 23.7 Å². The predicted molar refractivity (Wildman–Crippen MR) is 125 cm³/mol. The standard InChI is InChI=1S/C26H23F4NO4S/c27-25(28,23(32)31-16-18-34-19-17-31)26(29,30)24(33)35-36(20-10-4-1-5-11-20,21-12-6-2-7-13-21)22-14-8-3-9-15-22/h1-15H,16-19H2. The molecule has 1 heterocycles. The molecule has 0 N–H and O–H groups in total. The number of carbonyl (C=O) groups excluding carboxylic acids is 2. The second-order valence-corrected chi connectivity index (χ2v) is 10.6. The minimum absolute atomic E-state index is 0.0683. The monoisotopic (exact) mass is 521 g/mol. The van der Waals surface area contributed by atoms with E-state index in [9.17, 15) is 18.4 Å². The lowest BCUT2D eigenvalue weighted by atomic mass is 10.1. The molecule has 0 unspecified atom stereocenters. The van der Waals surface area contributed by atoms with E-state index >= 15 is 8.78 Å². The van der Waals surface area contributed by atoms with E-state index in [4.69, 9.17) is 8.92 Å². The SMILES string of the molecule is O=C(OS(c1ccccc1)(c1ccccc1)c1ccccc1)C(F)(F)C(F)(F)C(=O)N1CCOCC1. The first-order valence-electron chi connectivity index (χ1n) is 11.1. The molecule has 0 aromatic heterocycles. The van der Waals surface area contributed by atoms with Crippen LogP contribution in [0.1, 0.15) is 0 Å². The van der Waals surface area contributed by atoms with Gasteiger partial charge in [0, 0.05) is 27.8 Å². The van der Waals surface area contributed by atoms with Crippen molar-refractivity contribution in [3.8, 4) is 0 Å². The maximum absolute atomic E-state index is 15.2. The second-order valence-electron chi connectivity index (χ2n) is 7.92. The van der Waals surface area contributed by atoms with E-state index in [0.29, 0.717) is 19.6 Å². The van der Waals surface area contributed by atoms with E-state index < -0.39 is 34.0 Å². The number of ether oxygens (including phenoxy) is 1. The molecule has 36 heavy (non-hydrogen) atoms. The lowest BCUT2D eigenvalue weighted by Crippen LogP contribution is -2.59. The highest BCUT2D eigenvalue weighted by molar-refractivity contribution is 8.30. The molecule has 0 atom stereocenters. The lowest BCUT2D eigenvalue weighted by Gasteiger charge is -2.41. The maximum atomic E-state index is 15.2. The average Bonchev–Trinajstić information content (AvgIpc) is 2.93. The van der Waals surface area contributed by atoms with Crippen molar-refractivity contribution >= 4 is 22.2 Å². The third-order valence-corrected chi connectivity index (χ3v) is 8.85. The van der Waals surface area contributed by atoms with Crippen LogP contribution in [-0.4, -0.2) is 54.9 Å². The van der Waals surface area contributed by atoms with Crippen LogP contribution in [0.2, 0.25) is 0 Å². The van der Waals surface area contributed by atoms with Gasteiger partial charge in [-0.15, -0.1) is 0 Å². The number of rotatable bonds is 7. The summed E-state index contributed by atoms with van der Waals surface area (Å²) in [6.45, 7) is -0.707. The largest absolute Gasteiger partial charge is 0.414 e. The van der Waals surface area contributed by atoms with Gasteiger partial charge in [-0.25, -0.2) is 4.79 Å². The van der Waals surface area contributed by atoms with Crippen molar-refractivity contribution in [1.29, 1.82) is 0 Å². The van der Waals surface area contributed by atoms with Crippen LogP contribution in [0.15, 0.2) is 106 Å². The number of hydrogen-bond acceptors (Lipinski definition) is 4. The zero-order chi connectivity index (χ0) is 25.8. The number of nitrogens with zero attached hydrogens (tertiary/aromatic N) is 1. The van der Waals surface area contributed by atoms with Gasteiger partial charge in [0.1, 0.15) is 0 Å². The number of halogens is 4.